The Morgan fingerprint density at radius 2 is 2.03 bits per heavy atom. The summed E-state index contributed by atoms with van der Waals surface area (Å²) in [6.45, 7) is 1.33. The Bertz CT molecular complexity index is 1060. The summed E-state index contributed by atoms with van der Waals surface area (Å²) in [6, 6.07) is 16.5. The Hall–Kier alpha value is -2.93. The predicted octanol–water partition coefficient (Wildman–Crippen LogP) is 4.51. The number of nitriles is 1. The Labute approximate surface area is 188 Å². The van der Waals surface area contributed by atoms with Gasteiger partial charge in [-0.15, -0.1) is 10.2 Å². The number of thioether (sulfide) groups is 1. The van der Waals surface area contributed by atoms with Gasteiger partial charge in [-0.25, -0.2) is 0 Å². The average molecular weight is 453 g/mol. The number of rotatable bonds is 8. The number of anilines is 1. The predicted molar refractivity (Wildman–Crippen MR) is 119 cm³/mol. The Morgan fingerprint density at radius 1 is 1.23 bits per heavy atom. The number of benzene rings is 2. The van der Waals surface area contributed by atoms with E-state index in [1.807, 2.05) is 12.1 Å². The molecule has 1 aromatic heterocycles. The van der Waals surface area contributed by atoms with E-state index in [1.54, 1.807) is 36.4 Å². The summed E-state index contributed by atoms with van der Waals surface area (Å²) in [5.41, 5.74) is 2.25. The fourth-order valence-corrected chi connectivity index (χ4v) is 4.68. The highest BCUT2D eigenvalue weighted by molar-refractivity contribution is 8.00. The monoisotopic (exact) mass is 452 g/mol. The van der Waals surface area contributed by atoms with Gasteiger partial charge in [0, 0.05) is 17.9 Å². The first-order valence-corrected chi connectivity index (χ1v) is 11.6. The third-order valence-corrected chi connectivity index (χ3v) is 6.69. The number of carbonyl (C=O) groups excluding carboxylic acids is 1. The molecule has 3 aromatic rings. The summed E-state index contributed by atoms with van der Waals surface area (Å²) in [7, 11) is 0. The molecule has 0 bridgehead atoms. The van der Waals surface area contributed by atoms with E-state index in [-0.39, 0.29) is 12.0 Å². The van der Waals surface area contributed by atoms with E-state index in [1.165, 1.54) is 23.1 Å². The zero-order valence-electron chi connectivity index (χ0n) is 16.6. The minimum absolute atomic E-state index is 0.157. The van der Waals surface area contributed by atoms with E-state index in [2.05, 4.69) is 21.6 Å². The molecule has 9 heteroatoms. The fourth-order valence-electron chi connectivity index (χ4n) is 2.98. The highest BCUT2D eigenvalue weighted by Gasteiger charge is 2.16. The molecule has 1 aliphatic heterocycles. The second-order valence-electron chi connectivity index (χ2n) is 6.90. The van der Waals surface area contributed by atoms with Crippen LogP contribution in [0.15, 0.2) is 52.9 Å². The lowest BCUT2D eigenvalue weighted by molar-refractivity contribution is 0.0679. The molecule has 31 heavy (non-hydrogen) atoms. The highest BCUT2D eigenvalue weighted by Crippen LogP contribution is 2.28. The second-order valence-corrected chi connectivity index (χ2v) is 9.10. The van der Waals surface area contributed by atoms with Crippen molar-refractivity contribution in [2.24, 2.45) is 0 Å². The number of nitrogens with one attached hydrogen (secondary N) is 1. The molecule has 1 N–H and O–H groups in total. The van der Waals surface area contributed by atoms with Gasteiger partial charge in [-0.1, -0.05) is 35.2 Å². The molecule has 2 heterocycles. The van der Waals surface area contributed by atoms with Crippen molar-refractivity contribution in [3.05, 3.63) is 65.2 Å². The van der Waals surface area contributed by atoms with Crippen molar-refractivity contribution in [2.75, 3.05) is 18.5 Å². The molecular weight excluding hydrogens is 432 g/mol. The van der Waals surface area contributed by atoms with Crippen LogP contribution in [0.4, 0.5) is 5.13 Å². The van der Waals surface area contributed by atoms with Gasteiger partial charge in [-0.05, 0) is 54.8 Å². The zero-order chi connectivity index (χ0) is 21.5. The quantitative estimate of drug-likeness (QED) is 0.397. The number of nitrogens with zero attached hydrogens (tertiary/aromatic N) is 3. The molecule has 0 saturated carbocycles. The Morgan fingerprint density at radius 3 is 2.74 bits per heavy atom. The number of aromatic nitrogens is 2. The number of amides is 1. The van der Waals surface area contributed by atoms with Crippen LogP contribution in [0.2, 0.25) is 0 Å². The van der Waals surface area contributed by atoms with Gasteiger partial charge in [0.1, 0.15) is 12.4 Å². The van der Waals surface area contributed by atoms with Gasteiger partial charge in [-0.3, -0.25) is 10.1 Å². The summed E-state index contributed by atoms with van der Waals surface area (Å²) in [5.74, 6) is 1.18. The van der Waals surface area contributed by atoms with Crippen molar-refractivity contribution in [3.63, 3.8) is 0 Å². The molecule has 0 spiro atoms. The lowest BCUT2D eigenvalue weighted by Crippen LogP contribution is -2.16. The molecule has 1 saturated heterocycles. The average Bonchev–Trinajstić information content (AvgIpc) is 3.49. The molecule has 7 nitrogen and oxygen atoms in total. The maximum atomic E-state index is 12.5. The molecule has 158 valence electrons. The normalized spacial score (nSPS) is 15.4. The van der Waals surface area contributed by atoms with Gasteiger partial charge in [-0.2, -0.15) is 5.26 Å². The fraction of sp³-hybridized carbons (Fsp3) is 0.273. The van der Waals surface area contributed by atoms with Crippen LogP contribution < -0.4 is 10.1 Å². The second kappa shape index (κ2) is 10.4. The topological polar surface area (TPSA) is 97.1 Å². The Balaban J connectivity index is 1.26. The molecule has 1 fully saturated rings. The van der Waals surface area contributed by atoms with Crippen LogP contribution in [0, 0.1) is 11.3 Å². The summed E-state index contributed by atoms with van der Waals surface area (Å²) >= 11 is 2.86. The standard InChI is InChI=1S/C22H20N4O3S2/c23-12-15-3-5-16(6-4-15)14-30-22-26-25-21(31-22)24-20(27)17-7-9-18(10-8-17)29-13-19-2-1-11-28-19/h3-10,19H,1-2,11,13-14H2,(H,24,25,27)/t19-/m1/s1. The molecule has 1 amide bonds. The SMILES string of the molecule is N#Cc1ccc(CSc2nnc(NC(=O)c3ccc(OC[C@H]4CCCO4)cc3)s2)cc1. The molecule has 0 unspecified atom stereocenters. The molecule has 2 aromatic carbocycles. The van der Waals surface area contributed by atoms with Crippen molar-refractivity contribution >= 4 is 34.1 Å². The third-order valence-electron chi connectivity index (χ3n) is 4.65. The van der Waals surface area contributed by atoms with Crippen molar-refractivity contribution < 1.29 is 14.3 Å². The van der Waals surface area contributed by atoms with Gasteiger partial charge in [0.2, 0.25) is 5.13 Å². The van der Waals surface area contributed by atoms with Crippen molar-refractivity contribution in [1.29, 1.82) is 5.26 Å². The van der Waals surface area contributed by atoms with E-state index >= 15 is 0 Å². The minimum atomic E-state index is -0.245. The molecule has 1 aliphatic rings. The first-order valence-electron chi connectivity index (χ1n) is 9.81. The van der Waals surface area contributed by atoms with Crippen molar-refractivity contribution in [2.45, 2.75) is 29.0 Å². The first-order chi connectivity index (χ1) is 15.2. The number of carbonyl (C=O) groups is 1. The lowest BCUT2D eigenvalue weighted by atomic mass is 10.2. The van der Waals surface area contributed by atoms with Crippen LogP contribution in [-0.2, 0) is 10.5 Å². The van der Waals surface area contributed by atoms with Crippen LogP contribution in [0.3, 0.4) is 0 Å². The van der Waals surface area contributed by atoms with Crippen molar-refractivity contribution in [1.82, 2.24) is 10.2 Å². The first kappa shape index (κ1) is 21.3. The molecule has 4 rings (SSSR count). The van der Waals surface area contributed by atoms with E-state index in [9.17, 15) is 4.79 Å². The number of hydrogen-bond acceptors (Lipinski definition) is 8. The van der Waals surface area contributed by atoms with Gasteiger partial charge in [0.25, 0.3) is 5.91 Å². The van der Waals surface area contributed by atoms with Crippen LogP contribution in [0.25, 0.3) is 0 Å². The van der Waals surface area contributed by atoms with E-state index in [0.717, 1.165) is 29.4 Å². The summed E-state index contributed by atoms with van der Waals surface area (Å²) in [4.78, 5) is 12.5. The van der Waals surface area contributed by atoms with Gasteiger partial charge < -0.3 is 9.47 Å². The van der Waals surface area contributed by atoms with Crippen LogP contribution in [0.5, 0.6) is 5.75 Å². The van der Waals surface area contributed by atoms with Crippen LogP contribution in [-0.4, -0.2) is 35.4 Å². The minimum Gasteiger partial charge on any atom is -0.491 e. The summed E-state index contributed by atoms with van der Waals surface area (Å²) in [5, 5.41) is 20.3. The number of hydrogen-bond donors (Lipinski definition) is 1. The largest absolute Gasteiger partial charge is 0.491 e. The van der Waals surface area contributed by atoms with Crippen molar-refractivity contribution in [3.8, 4) is 11.8 Å². The van der Waals surface area contributed by atoms with Crippen LogP contribution >= 0.6 is 23.1 Å². The maximum Gasteiger partial charge on any atom is 0.257 e. The van der Waals surface area contributed by atoms with Gasteiger partial charge >= 0.3 is 0 Å². The smallest absolute Gasteiger partial charge is 0.257 e. The van der Waals surface area contributed by atoms with Gasteiger partial charge in [0.15, 0.2) is 4.34 Å². The number of ether oxygens (including phenoxy) is 2. The zero-order valence-corrected chi connectivity index (χ0v) is 18.2. The van der Waals surface area contributed by atoms with E-state index < -0.39 is 0 Å². The molecule has 1 atom stereocenters. The summed E-state index contributed by atoms with van der Waals surface area (Å²) < 4.78 is 12.0. The molecule has 0 radical (unpaired) electrons. The third kappa shape index (κ3) is 6.04. The van der Waals surface area contributed by atoms with Crippen LogP contribution in [0.1, 0.15) is 34.3 Å². The Kier molecular flexibility index (Phi) is 7.14. The maximum absolute atomic E-state index is 12.5. The van der Waals surface area contributed by atoms with E-state index in [0.29, 0.717) is 34.4 Å². The molecular formula is C22H20N4O3S2. The highest BCUT2D eigenvalue weighted by atomic mass is 32.2. The lowest BCUT2D eigenvalue weighted by Gasteiger charge is -2.11. The summed E-state index contributed by atoms with van der Waals surface area (Å²) in [6.07, 6.45) is 2.26. The molecule has 0 aliphatic carbocycles. The van der Waals surface area contributed by atoms with E-state index in [4.69, 9.17) is 14.7 Å². The van der Waals surface area contributed by atoms with Gasteiger partial charge in [0.05, 0.1) is 17.7 Å².